The first-order valence-corrected chi connectivity index (χ1v) is 8.69. The van der Waals surface area contributed by atoms with Gasteiger partial charge in [0.05, 0.1) is 0 Å². The van der Waals surface area contributed by atoms with Gasteiger partial charge in [-0.15, -0.1) is 0 Å². The van der Waals surface area contributed by atoms with Gasteiger partial charge in [0.25, 0.3) is 5.56 Å². The van der Waals surface area contributed by atoms with Crippen molar-refractivity contribution in [1.82, 2.24) is 19.3 Å². The summed E-state index contributed by atoms with van der Waals surface area (Å²) in [7, 11) is 3.86. The second-order valence-corrected chi connectivity index (χ2v) is 6.85. The number of carbonyl (C=O) groups excluding carboxylic acids is 1. The Bertz CT molecular complexity index is 636. The lowest BCUT2D eigenvalue weighted by Gasteiger charge is -2.42. The van der Waals surface area contributed by atoms with E-state index in [9.17, 15) is 9.59 Å². The van der Waals surface area contributed by atoms with Crippen molar-refractivity contribution in [3.05, 3.63) is 28.7 Å². The lowest BCUT2D eigenvalue weighted by molar-refractivity contribution is 0.0717. The number of aromatic nitrogens is 1. The normalized spacial score (nSPS) is 23.2. The molecular formula is C17H27N5O2. The van der Waals surface area contributed by atoms with Crippen molar-refractivity contribution in [3.8, 4) is 0 Å². The molecule has 2 aliphatic heterocycles. The molecule has 1 aromatic rings. The molecule has 2 aliphatic rings. The van der Waals surface area contributed by atoms with Gasteiger partial charge in [0.2, 0.25) is 0 Å². The highest BCUT2D eigenvalue weighted by Gasteiger charge is 2.28. The predicted octanol–water partition coefficient (Wildman–Crippen LogP) is 0.629. The number of aryl methyl sites for hydroxylation is 1. The Balaban J connectivity index is 1.53. The third kappa shape index (κ3) is 3.79. The highest BCUT2D eigenvalue weighted by molar-refractivity contribution is 5.89. The molecule has 1 N–H and O–H groups in total. The molecular weight excluding hydrogens is 306 g/mol. The van der Waals surface area contributed by atoms with Gasteiger partial charge in [-0.25, -0.2) is 4.79 Å². The van der Waals surface area contributed by atoms with E-state index in [1.54, 1.807) is 30.3 Å². The lowest BCUT2D eigenvalue weighted by atomic mass is 10.0. The molecule has 2 saturated heterocycles. The second-order valence-electron chi connectivity index (χ2n) is 6.85. The van der Waals surface area contributed by atoms with Crippen molar-refractivity contribution >= 4 is 11.7 Å². The van der Waals surface area contributed by atoms with Gasteiger partial charge in [-0.1, -0.05) is 0 Å². The Labute approximate surface area is 142 Å². The van der Waals surface area contributed by atoms with Crippen LogP contribution in [0.4, 0.5) is 10.5 Å². The number of rotatable bonds is 2. The van der Waals surface area contributed by atoms with E-state index in [4.69, 9.17) is 0 Å². The Morgan fingerprint density at radius 1 is 1.17 bits per heavy atom. The van der Waals surface area contributed by atoms with Crippen LogP contribution in [-0.2, 0) is 7.05 Å². The number of piperazine rings is 1. The number of likely N-dealkylation sites (N-methyl/N-ethyl adjacent to an activating group) is 1. The standard InChI is InChI=1S/C17H27N5O2/c1-19-7-3-5-14(13-19)21-9-11-22(12-10-21)17(24)18-15-6-4-8-20(2)16(15)23/h4,6,8,14H,3,5,7,9-13H2,1-2H3,(H,18,24). The van der Waals surface area contributed by atoms with Gasteiger partial charge >= 0.3 is 6.03 Å². The third-order valence-electron chi connectivity index (χ3n) is 5.08. The van der Waals surface area contributed by atoms with E-state index in [0.717, 1.165) is 19.6 Å². The minimum atomic E-state index is -0.185. The molecule has 7 nitrogen and oxygen atoms in total. The summed E-state index contributed by atoms with van der Waals surface area (Å²) in [4.78, 5) is 31.1. The first-order valence-electron chi connectivity index (χ1n) is 8.69. The molecule has 1 atom stereocenters. The SMILES string of the molecule is CN1CCCC(N2CCN(C(=O)Nc3cccn(C)c3=O)CC2)C1. The van der Waals surface area contributed by atoms with Crippen molar-refractivity contribution < 1.29 is 4.79 Å². The van der Waals surface area contributed by atoms with Crippen LogP contribution in [-0.4, -0.2) is 77.7 Å². The molecule has 0 aliphatic carbocycles. The van der Waals surface area contributed by atoms with Gasteiger partial charge in [-0.05, 0) is 38.6 Å². The topological polar surface area (TPSA) is 60.8 Å². The van der Waals surface area contributed by atoms with E-state index in [2.05, 4.69) is 22.2 Å². The van der Waals surface area contributed by atoms with Crippen LogP contribution in [0.1, 0.15) is 12.8 Å². The highest BCUT2D eigenvalue weighted by Crippen LogP contribution is 2.17. The highest BCUT2D eigenvalue weighted by atomic mass is 16.2. The fourth-order valence-corrected chi connectivity index (χ4v) is 3.61. The van der Waals surface area contributed by atoms with Crippen LogP contribution in [0, 0.1) is 0 Å². The average Bonchev–Trinajstić information content (AvgIpc) is 2.59. The van der Waals surface area contributed by atoms with E-state index in [-0.39, 0.29) is 11.6 Å². The van der Waals surface area contributed by atoms with Crippen LogP contribution in [0.2, 0.25) is 0 Å². The number of nitrogens with zero attached hydrogens (tertiary/aromatic N) is 4. The van der Waals surface area contributed by atoms with E-state index in [1.165, 1.54) is 24.0 Å². The predicted molar refractivity (Wildman–Crippen MR) is 94.4 cm³/mol. The summed E-state index contributed by atoms with van der Waals surface area (Å²) in [6, 6.07) is 3.83. The molecule has 24 heavy (non-hydrogen) atoms. The fourth-order valence-electron chi connectivity index (χ4n) is 3.61. The Hall–Kier alpha value is -1.86. The van der Waals surface area contributed by atoms with Crippen LogP contribution in [0.3, 0.4) is 0 Å². The summed E-state index contributed by atoms with van der Waals surface area (Å²) in [5.41, 5.74) is 0.149. The van der Waals surface area contributed by atoms with Crippen molar-refractivity contribution in [2.75, 3.05) is 51.6 Å². The van der Waals surface area contributed by atoms with Crippen molar-refractivity contribution in [2.45, 2.75) is 18.9 Å². The van der Waals surface area contributed by atoms with E-state index >= 15 is 0 Å². The molecule has 2 amide bonds. The molecule has 0 bridgehead atoms. The van der Waals surface area contributed by atoms with Crippen molar-refractivity contribution in [1.29, 1.82) is 0 Å². The molecule has 132 valence electrons. The maximum absolute atomic E-state index is 12.4. The molecule has 3 rings (SSSR count). The summed E-state index contributed by atoms with van der Waals surface area (Å²) in [6.07, 6.45) is 4.17. The van der Waals surface area contributed by atoms with Crippen LogP contribution in [0.5, 0.6) is 0 Å². The number of likely N-dealkylation sites (tertiary alicyclic amines) is 1. The summed E-state index contributed by atoms with van der Waals surface area (Å²) >= 11 is 0. The molecule has 7 heteroatoms. The zero-order chi connectivity index (χ0) is 17.1. The lowest BCUT2D eigenvalue weighted by Crippen LogP contribution is -2.56. The zero-order valence-electron chi connectivity index (χ0n) is 14.6. The number of hydrogen-bond donors (Lipinski definition) is 1. The number of piperidine rings is 1. The van der Waals surface area contributed by atoms with Crippen LogP contribution >= 0.6 is 0 Å². The van der Waals surface area contributed by atoms with E-state index in [1.807, 2.05) is 0 Å². The summed E-state index contributed by atoms with van der Waals surface area (Å²) < 4.78 is 1.47. The monoisotopic (exact) mass is 333 g/mol. The number of urea groups is 1. The number of anilines is 1. The number of hydrogen-bond acceptors (Lipinski definition) is 4. The van der Waals surface area contributed by atoms with Gasteiger partial charge in [0, 0.05) is 52.0 Å². The average molecular weight is 333 g/mol. The number of nitrogens with one attached hydrogen (secondary N) is 1. The summed E-state index contributed by atoms with van der Waals surface area (Å²) in [5.74, 6) is 0. The fraction of sp³-hybridized carbons (Fsp3) is 0.647. The largest absolute Gasteiger partial charge is 0.322 e. The maximum Gasteiger partial charge on any atom is 0.322 e. The van der Waals surface area contributed by atoms with Crippen molar-refractivity contribution in [3.63, 3.8) is 0 Å². The molecule has 2 fully saturated rings. The number of amides is 2. The van der Waals surface area contributed by atoms with Crippen LogP contribution < -0.4 is 10.9 Å². The van der Waals surface area contributed by atoms with E-state index in [0.29, 0.717) is 24.8 Å². The maximum atomic E-state index is 12.4. The van der Waals surface area contributed by atoms with Crippen LogP contribution in [0.25, 0.3) is 0 Å². The smallest absolute Gasteiger partial charge is 0.322 e. The van der Waals surface area contributed by atoms with Gasteiger partial charge in [-0.2, -0.15) is 0 Å². The number of carbonyl (C=O) groups is 1. The second kappa shape index (κ2) is 7.36. The molecule has 0 saturated carbocycles. The molecule has 0 radical (unpaired) electrons. The first-order chi connectivity index (χ1) is 11.5. The quantitative estimate of drug-likeness (QED) is 0.862. The minimum Gasteiger partial charge on any atom is -0.322 e. The van der Waals surface area contributed by atoms with Gasteiger partial charge in [-0.3, -0.25) is 9.69 Å². The van der Waals surface area contributed by atoms with Crippen molar-refractivity contribution in [2.24, 2.45) is 7.05 Å². The summed E-state index contributed by atoms with van der Waals surface area (Å²) in [5, 5.41) is 2.75. The number of pyridine rings is 1. The first kappa shape index (κ1) is 17.0. The third-order valence-corrected chi connectivity index (χ3v) is 5.08. The summed E-state index contributed by atoms with van der Waals surface area (Å²) in [6.45, 7) is 5.52. The molecule has 3 heterocycles. The Kier molecular flexibility index (Phi) is 5.20. The van der Waals surface area contributed by atoms with Gasteiger partial charge < -0.3 is 19.7 Å². The molecule has 1 unspecified atom stereocenters. The van der Waals surface area contributed by atoms with Crippen LogP contribution in [0.15, 0.2) is 23.1 Å². The zero-order valence-corrected chi connectivity index (χ0v) is 14.6. The Morgan fingerprint density at radius 3 is 2.62 bits per heavy atom. The Morgan fingerprint density at radius 2 is 1.92 bits per heavy atom. The van der Waals surface area contributed by atoms with Gasteiger partial charge in [0.1, 0.15) is 5.69 Å². The van der Waals surface area contributed by atoms with Gasteiger partial charge in [0.15, 0.2) is 0 Å². The molecule has 0 aromatic carbocycles. The van der Waals surface area contributed by atoms with E-state index < -0.39 is 0 Å². The minimum absolute atomic E-state index is 0.182. The molecule has 0 spiro atoms. The molecule has 1 aromatic heterocycles.